The van der Waals surface area contributed by atoms with Gasteiger partial charge in [-0.05, 0) is 48.6 Å². The molecule has 1 amide bonds. The van der Waals surface area contributed by atoms with Crippen molar-refractivity contribution in [3.8, 4) is 5.75 Å². The van der Waals surface area contributed by atoms with Crippen molar-refractivity contribution in [1.29, 1.82) is 0 Å². The first kappa shape index (κ1) is 15.7. The quantitative estimate of drug-likeness (QED) is 0.806. The van der Waals surface area contributed by atoms with Gasteiger partial charge in [0.05, 0.1) is 11.1 Å². The fraction of sp³-hybridized carbons (Fsp3) is 0.312. The van der Waals surface area contributed by atoms with Crippen LogP contribution in [0, 0.1) is 0 Å². The minimum atomic E-state index is -0.0321. The first-order valence-electron chi connectivity index (χ1n) is 7.00. The molecule has 2 aromatic rings. The molecule has 0 aliphatic carbocycles. The maximum Gasteiger partial charge on any atom is 0.261 e. The van der Waals surface area contributed by atoms with E-state index in [0.29, 0.717) is 15.8 Å². The van der Waals surface area contributed by atoms with E-state index in [0.717, 1.165) is 13.0 Å². The van der Waals surface area contributed by atoms with Crippen LogP contribution in [0.5, 0.6) is 5.75 Å². The molecule has 2 heterocycles. The van der Waals surface area contributed by atoms with Gasteiger partial charge in [-0.3, -0.25) is 4.79 Å². The van der Waals surface area contributed by atoms with Crippen LogP contribution in [-0.2, 0) is 11.2 Å². The number of hydrogen-bond acceptors (Lipinski definition) is 3. The van der Waals surface area contributed by atoms with E-state index in [-0.39, 0.29) is 18.6 Å². The molecule has 1 aromatic carbocycles. The number of ether oxygens (including phenoxy) is 1. The highest BCUT2D eigenvalue weighted by atomic mass is 35.5. The summed E-state index contributed by atoms with van der Waals surface area (Å²) >= 11 is 13.6. The maximum absolute atomic E-state index is 12.4. The van der Waals surface area contributed by atoms with Crippen LogP contribution in [0.1, 0.15) is 23.4 Å². The topological polar surface area (TPSA) is 29.5 Å². The number of halogens is 2. The first-order valence-corrected chi connectivity index (χ1v) is 8.63. The van der Waals surface area contributed by atoms with Gasteiger partial charge in [0.15, 0.2) is 6.61 Å². The highest BCUT2D eigenvalue weighted by Gasteiger charge is 2.28. The molecule has 1 atom stereocenters. The van der Waals surface area contributed by atoms with Crippen molar-refractivity contribution < 1.29 is 9.53 Å². The molecule has 1 aliphatic heterocycles. The molecule has 0 radical (unpaired) electrons. The fourth-order valence-corrected chi connectivity index (χ4v) is 4.09. The van der Waals surface area contributed by atoms with Crippen molar-refractivity contribution in [3.05, 3.63) is 50.1 Å². The van der Waals surface area contributed by atoms with Crippen LogP contribution in [0.25, 0.3) is 0 Å². The number of fused-ring (bicyclic) bond motifs is 1. The van der Waals surface area contributed by atoms with Crippen LogP contribution >= 0.6 is 34.5 Å². The third kappa shape index (κ3) is 3.09. The Bertz CT molecular complexity index is 701. The number of carbonyl (C=O) groups is 1. The molecule has 0 spiro atoms. The molecule has 1 aliphatic rings. The number of amides is 1. The van der Waals surface area contributed by atoms with E-state index in [1.807, 2.05) is 4.90 Å². The minimum absolute atomic E-state index is 0.0227. The molecule has 0 N–H and O–H groups in total. The Morgan fingerprint density at radius 2 is 2.23 bits per heavy atom. The number of nitrogens with zero attached hydrogens (tertiary/aromatic N) is 1. The molecule has 0 unspecified atom stereocenters. The van der Waals surface area contributed by atoms with Gasteiger partial charge in [0.1, 0.15) is 5.75 Å². The molecule has 1 aromatic heterocycles. The van der Waals surface area contributed by atoms with Gasteiger partial charge in [-0.15, -0.1) is 11.3 Å². The number of thiophene rings is 1. The smallest absolute Gasteiger partial charge is 0.261 e. The standard InChI is InChI=1S/C16H15Cl2NO2S/c1-10-12-5-7-22-15(12)4-6-19(10)16(20)9-21-14-3-2-11(17)8-13(14)18/h2-3,5,7-8,10H,4,6,9H2,1H3/t10-/m0/s1. The summed E-state index contributed by atoms with van der Waals surface area (Å²) < 4.78 is 5.55. The van der Waals surface area contributed by atoms with Crippen LogP contribution in [0.4, 0.5) is 0 Å². The zero-order valence-corrected chi connectivity index (χ0v) is 14.3. The molecule has 6 heteroatoms. The molecule has 0 saturated carbocycles. The minimum Gasteiger partial charge on any atom is -0.482 e. The van der Waals surface area contributed by atoms with E-state index in [9.17, 15) is 4.79 Å². The summed E-state index contributed by atoms with van der Waals surface area (Å²) in [6.45, 7) is 2.76. The Morgan fingerprint density at radius 3 is 3.00 bits per heavy atom. The highest BCUT2D eigenvalue weighted by molar-refractivity contribution is 7.10. The van der Waals surface area contributed by atoms with E-state index in [2.05, 4.69) is 18.4 Å². The summed E-state index contributed by atoms with van der Waals surface area (Å²) in [5.74, 6) is 0.440. The van der Waals surface area contributed by atoms with Crippen molar-refractivity contribution in [2.24, 2.45) is 0 Å². The molecular weight excluding hydrogens is 341 g/mol. The average Bonchev–Trinajstić information content (AvgIpc) is 2.96. The number of benzene rings is 1. The zero-order chi connectivity index (χ0) is 15.7. The lowest BCUT2D eigenvalue weighted by molar-refractivity contribution is -0.135. The van der Waals surface area contributed by atoms with Gasteiger partial charge in [0.2, 0.25) is 0 Å². The monoisotopic (exact) mass is 355 g/mol. The van der Waals surface area contributed by atoms with E-state index < -0.39 is 0 Å². The Kier molecular flexibility index (Phi) is 4.62. The second-order valence-corrected chi connectivity index (χ2v) is 7.02. The predicted molar refractivity (Wildman–Crippen MR) is 90.1 cm³/mol. The van der Waals surface area contributed by atoms with Gasteiger partial charge in [-0.25, -0.2) is 0 Å². The zero-order valence-electron chi connectivity index (χ0n) is 12.0. The van der Waals surface area contributed by atoms with Crippen LogP contribution in [0.3, 0.4) is 0 Å². The predicted octanol–water partition coefficient (Wildman–Crippen LogP) is 4.58. The average molecular weight is 356 g/mol. The Hall–Kier alpha value is -1.23. The molecular formula is C16H15Cl2NO2S. The summed E-state index contributed by atoms with van der Waals surface area (Å²) in [6, 6.07) is 7.15. The number of rotatable bonds is 3. The van der Waals surface area contributed by atoms with E-state index in [1.165, 1.54) is 10.4 Å². The summed E-state index contributed by atoms with van der Waals surface area (Å²) in [6.07, 6.45) is 0.908. The lowest BCUT2D eigenvalue weighted by atomic mass is 10.0. The summed E-state index contributed by atoms with van der Waals surface area (Å²) in [5.41, 5.74) is 1.24. The van der Waals surface area contributed by atoms with Crippen LogP contribution in [0.15, 0.2) is 29.6 Å². The van der Waals surface area contributed by atoms with E-state index >= 15 is 0 Å². The summed E-state index contributed by atoms with van der Waals surface area (Å²) in [5, 5.41) is 3.03. The van der Waals surface area contributed by atoms with Gasteiger partial charge >= 0.3 is 0 Å². The molecule has 3 rings (SSSR count). The third-order valence-electron chi connectivity index (χ3n) is 3.84. The lowest BCUT2D eigenvalue weighted by Crippen LogP contribution is -2.40. The normalized spacial score (nSPS) is 17.2. The molecule has 0 saturated heterocycles. The van der Waals surface area contributed by atoms with Crippen LogP contribution in [-0.4, -0.2) is 24.0 Å². The van der Waals surface area contributed by atoms with Gasteiger partial charge in [0.25, 0.3) is 5.91 Å². The molecule has 22 heavy (non-hydrogen) atoms. The van der Waals surface area contributed by atoms with Gasteiger partial charge in [-0.2, -0.15) is 0 Å². The van der Waals surface area contributed by atoms with Gasteiger partial charge < -0.3 is 9.64 Å². The second-order valence-electron chi connectivity index (χ2n) is 5.18. The Labute approximate surface area is 143 Å². The van der Waals surface area contributed by atoms with Crippen LogP contribution in [0.2, 0.25) is 10.0 Å². The van der Waals surface area contributed by atoms with Crippen molar-refractivity contribution in [1.82, 2.24) is 4.90 Å². The van der Waals surface area contributed by atoms with Crippen molar-refractivity contribution in [2.75, 3.05) is 13.2 Å². The molecule has 116 valence electrons. The third-order valence-corrected chi connectivity index (χ3v) is 5.37. The Morgan fingerprint density at radius 1 is 1.41 bits per heavy atom. The first-order chi connectivity index (χ1) is 10.6. The molecule has 0 fully saturated rings. The molecule has 3 nitrogen and oxygen atoms in total. The summed E-state index contributed by atoms with van der Waals surface area (Å²) in [7, 11) is 0. The largest absolute Gasteiger partial charge is 0.482 e. The van der Waals surface area contributed by atoms with Gasteiger partial charge in [0, 0.05) is 16.4 Å². The molecule has 0 bridgehead atoms. The lowest BCUT2D eigenvalue weighted by Gasteiger charge is -2.33. The van der Waals surface area contributed by atoms with Gasteiger partial charge in [-0.1, -0.05) is 23.2 Å². The summed E-state index contributed by atoms with van der Waals surface area (Å²) in [4.78, 5) is 15.7. The highest BCUT2D eigenvalue weighted by Crippen LogP contribution is 2.33. The SMILES string of the molecule is C[C@H]1c2ccsc2CCN1C(=O)COc1ccc(Cl)cc1Cl. The van der Waals surface area contributed by atoms with Crippen molar-refractivity contribution in [2.45, 2.75) is 19.4 Å². The maximum atomic E-state index is 12.4. The second kappa shape index (κ2) is 6.49. The number of carbonyl (C=O) groups excluding carboxylic acids is 1. The van der Waals surface area contributed by atoms with Crippen molar-refractivity contribution >= 4 is 40.4 Å². The van der Waals surface area contributed by atoms with Crippen LogP contribution < -0.4 is 4.74 Å². The van der Waals surface area contributed by atoms with E-state index in [1.54, 1.807) is 29.5 Å². The Balaban J connectivity index is 1.65. The van der Waals surface area contributed by atoms with E-state index in [4.69, 9.17) is 27.9 Å². The van der Waals surface area contributed by atoms with Crippen molar-refractivity contribution in [3.63, 3.8) is 0 Å². The number of hydrogen-bond donors (Lipinski definition) is 0. The fourth-order valence-electron chi connectivity index (χ4n) is 2.66.